The summed E-state index contributed by atoms with van der Waals surface area (Å²) < 4.78 is 21.4. The Hall–Kier alpha value is -2.61. The summed E-state index contributed by atoms with van der Waals surface area (Å²) in [5.74, 6) is -4.56. The zero-order chi connectivity index (χ0) is 23.5. The van der Waals surface area contributed by atoms with Crippen molar-refractivity contribution in [2.24, 2.45) is 11.8 Å². The lowest BCUT2D eigenvalue weighted by Gasteiger charge is -2.44. The standard InChI is InChI=1S/C23H32O8/c1-12(2)30-21(25)19-15(24)11-23(5,27)20(22(26)31-13(3)4)18(19)14-8-9-16(28-6)17(10-14)29-7/h8-10,12-13,18-20,27H,11H2,1-7H3/t18-,19+,20+,23-/m1/s1. The average molecular weight is 437 g/mol. The van der Waals surface area contributed by atoms with Gasteiger partial charge in [0.15, 0.2) is 17.3 Å². The molecule has 1 aromatic carbocycles. The number of ketones is 1. The molecule has 31 heavy (non-hydrogen) atoms. The van der Waals surface area contributed by atoms with E-state index in [-0.39, 0.29) is 6.42 Å². The molecule has 1 aliphatic rings. The number of methoxy groups -OCH3 is 2. The van der Waals surface area contributed by atoms with Gasteiger partial charge in [-0.3, -0.25) is 14.4 Å². The van der Waals surface area contributed by atoms with E-state index in [4.69, 9.17) is 18.9 Å². The molecular formula is C23H32O8. The molecule has 1 aromatic rings. The molecule has 2 rings (SSSR count). The minimum absolute atomic E-state index is 0.365. The number of hydrogen-bond acceptors (Lipinski definition) is 8. The highest BCUT2D eigenvalue weighted by atomic mass is 16.5. The molecule has 0 spiro atoms. The number of ether oxygens (including phenoxy) is 4. The van der Waals surface area contributed by atoms with Crippen LogP contribution in [0.25, 0.3) is 0 Å². The molecule has 0 heterocycles. The summed E-state index contributed by atoms with van der Waals surface area (Å²) in [5, 5.41) is 11.1. The van der Waals surface area contributed by atoms with Crippen molar-refractivity contribution < 1.29 is 38.4 Å². The normalized spacial score (nSPS) is 26.0. The molecule has 4 atom stereocenters. The van der Waals surface area contributed by atoms with Crippen LogP contribution in [0.2, 0.25) is 0 Å². The Morgan fingerprint density at radius 1 is 1.00 bits per heavy atom. The SMILES string of the molecule is COc1ccc([C@@H]2[C@@H](C(=O)OC(C)C)C(=O)C[C@@](C)(O)[C@@H]2C(=O)OC(C)C)cc1OC. The van der Waals surface area contributed by atoms with E-state index in [1.54, 1.807) is 45.9 Å². The van der Waals surface area contributed by atoms with Gasteiger partial charge in [0.25, 0.3) is 0 Å². The second-order valence-corrected chi connectivity index (χ2v) is 8.57. The minimum Gasteiger partial charge on any atom is -0.493 e. The minimum atomic E-state index is -1.71. The summed E-state index contributed by atoms with van der Waals surface area (Å²) in [7, 11) is 2.94. The van der Waals surface area contributed by atoms with Crippen LogP contribution in [0.4, 0.5) is 0 Å². The average Bonchev–Trinajstić information content (AvgIpc) is 2.64. The quantitative estimate of drug-likeness (QED) is 0.513. The molecule has 172 valence electrons. The molecular weight excluding hydrogens is 404 g/mol. The van der Waals surface area contributed by atoms with Crippen LogP contribution in [0, 0.1) is 11.8 Å². The van der Waals surface area contributed by atoms with Crippen LogP contribution in [-0.2, 0) is 23.9 Å². The van der Waals surface area contributed by atoms with Gasteiger partial charge in [0.1, 0.15) is 5.92 Å². The van der Waals surface area contributed by atoms with Gasteiger partial charge < -0.3 is 24.1 Å². The lowest BCUT2D eigenvalue weighted by atomic mass is 9.61. The third-order valence-electron chi connectivity index (χ3n) is 5.27. The number of hydrogen-bond donors (Lipinski definition) is 1. The van der Waals surface area contributed by atoms with Crippen molar-refractivity contribution in [1.29, 1.82) is 0 Å². The lowest BCUT2D eigenvalue weighted by molar-refractivity contribution is -0.176. The van der Waals surface area contributed by atoms with E-state index in [1.165, 1.54) is 21.1 Å². The van der Waals surface area contributed by atoms with E-state index in [2.05, 4.69) is 0 Å². The number of Topliss-reactive ketones (excluding diaryl/α,β-unsaturated/α-hetero) is 1. The highest BCUT2D eigenvalue weighted by Gasteiger charge is 2.57. The zero-order valence-electron chi connectivity index (χ0n) is 19.1. The third-order valence-corrected chi connectivity index (χ3v) is 5.27. The van der Waals surface area contributed by atoms with Crippen LogP contribution < -0.4 is 9.47 Å². The smallest absolute Gasteiger partial charge is 0.317 e. The molecule has 8 heteroatoms. The fourth-order valence-corrected chi connectivity index (χ4v) is 4.09. The first-order valence-electron chi connectivity index (χ1n) is 10.3. The maximum Gasteiger partial charge on any atom is 0.317 e. The summed E-state index contributed by atoms with van der Waals surface area (Å²) >= 11 is 0. The van der Waals surface area contributed by atoms with E-state index >= 15 is 0 Å². The van der Waals surface area contributed by atoms with Crippen LogP contribution in [0.1, 0.15) is 52.5 Å². The fraction of sp³-hybridized carbons (Fsp3) is 0.609. The molecule has 1 aliphatic carbocycles. The van der Waals surface area contributed by atoms with Gasteiger partial charge in [0.05, 0.1) is 37.9 Å². The Bertz CT molecular complexity index is 819. The molecule has 0 bridgehead atoms. The Morgan fingerprint density at radius 3 is 2.06 bits per heavy atom. The zero-order valence-corrected chi connectivity index (χ0v) is 19.1. The Labute approximate surface area is 182 Å². The molecule has 0 saturated heterocycles. The Balaban J connectivity index is 2.69. The maximum absolute atomic E-state index is 13.1. The monoisotopic (exact) mass is 436 g/mol. The summed E-state index contributed by atoms with van der Waals surface area (Å²) in [6, 6.07) is 4.87. The highest BCUT2D eigenvalue weighted by Crippen LogP contribution is 2.48. The van der Waals surface area contributed by atoms with Crippen LogP contribution in [0.5, 0.6) is 11.5 Å². The molecule has 1 N–H and O–H groups in total. The van der Waals surface area contributed by atoms with Crippen LogP contribution >= 0.6 is 0 Å². The van der Waals surface area contributed by atoms with Crippen molar-refractivity contribution in [2.45, 2.75) is 64.8 Å². The summed E-state index contributed by atoms with van der Waals surface area (Å²) in [6.07, 6.45) is -1.25. The molecule has 0 aliphatic heterocycles. The first kappa shape index (κ1) is 24.7. The topological polar surface area (TPSA) is 108 Å². The maximum atomic E-state index is 13.1. The van der Waals surface area contributed by atoms with E-state index in [9.17, 15) is 19.5 Å². The molecule has 1 fully saturated rings. The first-order chi connectivity index (χ1) is 14.4. The van der Waals surface area contributed by atoms with Gasteiger partial charge in [-0.05, 0) is 52.3 Å². The number of rotatable bonds is 7. The van der Waals surface area contributed by atoms with Gasteiger partial charge in [0.2, 0.25) is 0 Å². The van der Waals surface area contributed by atoms with E-state index in [1.807, 2.05) is 0 Å². The number of esters is 2. The van der Waals surface area contributed by atoms with Crippen molar-refractivity contribution >= 4 is 17.7 Å². The summed E-state index contributed by atoms with van der Waals surface area (Å²) in [5.41, 5.74) is -1.25. The first-order valence-corrected chi connectivity index (χ1v) is 10.3. The number of carbonyl (C=O) groups is 3. The van der Waals surface area contributed by atoms with Gasteiger partial charge >= 0.3 is 11.9 Å². The molecule has 0 radical (unpaired) electrons. The largest absolute Gasteiger partial charge is 0.493 e. The molecule has 8 nitrogen and oxygen atoms in total. The van der Waals surface area contributed by atoms with Crippen molar-refractivity contribution in [1.82, 2.24) is 0 Å². The lowest BCUT2D eigenvalue weighted by Crippen LogP contribution is -2.55. The predicted molar refractivity (Wildman–Crippen MR) is 112 cm³/mol. The van der Waals surface area contributed by atoms with Gasteiger partial charge in [-0.15, -0.1) is 0 Å². The molecule has 0 aromatic heterocycles. The van der Waals surface area contributed by atoms with E-state index in [0.717, 1.165) is 0 Å². The molecule has 1 saturated carbocycles. The number of aliphatic hydroxyl groups is 1. The van der Waals surface area contributed by atoms with Gasteiger partial charge in [-0.25, -0.2) is 0 Å². The van der Waals surface area contributed by atoms with Gasteiger partial charge in [0, 0.05) is 12.3 Å². The number of benzene rings is 1. The summed E-state index contributed by atoms with van der Waals surface area (Å²) in [4.78, 5) is 39.0. The third kappa shape index (κ3) is 5.36. The van der Waals surface area contributed by atoms with Gasteiger partial charge in [-0.1, -0.05) is 6.07 Å². The van der Waals surface area contributed by atoms with Gasteiger partial charge in [-0.2, -0.15) is 0 Å². The summed E-state index contributed by atoms with van der Waals surface area (Å²) in [6.45, 7) is 8.15. The Morgan fingerprint density at radius 2 is 1.55 bits per heavy atom. The van der Waals surface area contributed by atoms with E-state index in [0.29, 0.717) is 17.1 Å². The second-order valence-electron chi connectivity index (χ2n) is 8.57. The number of carbonyl (C=O) groups excluding carboxylic acids is 3. The van der Waals surface area contributed by atoms with Crippen molar-refractivity contribution in [3.05, 3.63) is 23.8 Å². The van der Waals surface area contributed by atoms with Crippen LogP contribution in [0.3, 0.4) is 0 Å². The predicted octanol–water partition coefficient (Wildman–Crippen LogP) is 2.65. The second kappa shape index (κ2) is 9.68. The van der Waals surface area contributed by atoms with E-state index < -0.39 is 53.3 Å². The van der Waals surface area contributed by atoms with Crippen molar-refractivity contribution in [2.75, 3.05) is 14.2 Å². The Kier molecular flexibility index (Phi) is 7.70. The molecule has 0 unspecified atom stereocenters. The molecule has 0 amide bonds. The van der Waals surface area contributed by atoms with Crippen molar-refractivity contribution in [3.8, 4) is 11.5 Å². The highest BCUT2D eigenvalue weighted by molar-refractivity contribution is 6.02. The van der Waals surface area contributed by atoms with Crippen LogP contribution in [0.15, 0.2) is 18.2 Å². The van der Waals surface area contributed by atoms with Crippen molar-refractivity contribution in [3.63, 3.8) is 0 Å². The fourth-order valence-electron chi connectivity index (χ4n) is 4.09. The van der Waals surface area contributed by atoms with Crippen LogP contribution in [-0.4, -0.2) is 54.9 Å².